The predicted molar refractivity (Wildman–Crippen MR) is 149 cm³/mol. The van der Waals surface area contributed by atoms with Crippen molar-refractivity contribution >= 4 is 17.9 Å². The van der Waals surface area contributed by atoms with Gasteiger partial charge in [0.1, 0.15) is 6.10 Å². The highest BCUT2D eigenvalue weighted by molar-refractivity contribution is 5.99. The minimum atomic E-state index is -0.500. The quantitative estimate of drug-likeness (QED) is 0.217. The molecule has 1 aliphatic heterocycles. The lowest BCUT2D eigenvalue weighted by molar-refractivity contribution is -0.243. The zero-order valence-electron chi connectivity index (χ0n) is 25.0. The first-order chi connectivity index (χ1) is 18.3. The van der Waals surface area contributed by atoms with Crippen LogP contribution < -0.4 is 0 Å². The van der Waals surface area contributed by atoms with Gasteiger partial charge in [0.2, 0.25) is 0 Å². The van der Waals surface area contributed by atoms with Crippen LogP contribution in [0, 0.1) is 69.0 Å². The lowest BCUT2D eigenvalue weighted by Gasteiger charge is -2.74. The van der Waals surface area contributed by atoms with Gasteiger partial charge in [0.05, 0.1) is 11.8 Å². The van der Waals surface area contributed by atoms with Gasteiger partial charge in [-0.2, -0.15) is 0 Å². The van der Waals surface area contributed by atoms with E-state index in [0.29, 0.717) is 41.9 Å². The molecule has 0 radical (unpaired) electrons. The molecule has 1 saturated heterocycles. The summed E-state index contributed by atoms with van der Waals surface area (Å²) in [6.45, 7) is 15.6. The molecule has 0 unspecified atom stereocenters. The van der Waals surface area contributed by atoms with Crippen molar-refractivity contribution in [2.45, 2.75) is 99.5 Å². The standard InChI is InChI=1S/C34H48O5/c1-19(2)20(3)8-9-21(4)24-10-11-25-31(24,6)14-13-26-32(7)15-12-23(38-22(5)35)18-33(32)16-17-34(25,26)28-27(33)29(36)39-30(28)37/h8-9,16-17,19-21,23-28H,10-15,18H2,1-7H3/b9-8+/t20-,21+,23+,24-,25-,26-,27-,28-,31+,32-,33+,34-/m0/s1. The van der Waals surface area contributed by atoms with Crippen LogP contribution in [0.3, 0.4) is 0 Å². The van der Waals surface area contributed by atoms with E-state index in [-0.39, 0.29) is 40.3 Å². The molecule has 0 aromatic carbocycles. The predicted octanol–water partition coefficient (Wildman–Crippen LogP) is 6.91. The Kier molecular flexibility index (Phi) is 6.15. The summed E-state index contributed by atoms with van der Waals surface area (Å²) < 4.78 is 11.3. The number of ether oxygens (including phenoxy) is 2. The minimum absolute atomic E-state index is 0.116. The van der Waals surface area contributed by atoms with Crippen LogP contribution in [0.25, 0.3) is 0 Å². The first-order valence-electron chi connectivity index (χ1n) is 15.6. The van der Waals surface area contributed by atoms with Gasteiger partial charge < -0.3 is 9.47 Å². The third-order valence-corrected chi connectivity index (χ3v) is 13.5. The molecule has 1 heterocycles. The fraction of sp³-hybridized carbons (Fsp3) is 0.794. The molecule has 0 aromatic heterocycles. The summed E-state index contributed by atoms with van der Waals surface area (Å²) in [5.41, 5.74) is -0.846. The maximum absolute atomic E-state index is 13.7. The molecule has 0 aromatic rings. The summed E-state index contributed by atoms with van der Waals surface area (Å²) in [6, 6.07) is 0. The number of hydrogen-bond acceptors (Lipinski definition) is 5. The highest BCUT2D eigenvalue weighted by Gasteiger charge is 2.81. The zero-order chi connectivity index (χ0) is 28.1. The molecule has 214 valence electrons. The summed E-state index contributed by atoms with van der Waals surface area (Å²) in [5, 5.41) is 0. The van der Waals surface area contributed by atoms with Gasteiger partial charge in [-0.1, -0.05) is 65.8 Å². The molecule has 0 amide bonds. The van der Waals surface area contributed by atoms with Crippen LogP contribution in [-0.2, 0) is 23.9 Å². The van der Waals surface area contributed by atoms with Gasteiger partial charge in [0.15, 0.2) is 0 Å². The van der Waals surface area contributed by atoms with Gasteiger partial charge in [-0.15, -0.1) is 0 Å². The van der Waals surface area contributed by atoms with Crippen LogP contribution in [0.5, 0.6) is 0 Å². The number of fused-ring (bicyclic) bond motifs is 1. The number of allylic oxidation sites excluding steroid dienone is 4. The number of carbonyl (C=O) groups excluding carboxylic acids is 3. The third-order valence-electron chi connectivity index (χ3n) is 13.5. The molecule has 7 aliphatic rings. The summed E-state index contributed by atoms with van der Waals surface area (Å²) in [6.07, 6.45) is 16.2. The Balaban J connectivity index is 1.42. The molecular weight excluding hydrogens is 488 g/mol. The zero-order valence-corrected chi connectivity index (χ0v) is 25.0. The van der Waals surface area contributed by atoms with Crippen LogP contribution >= 0.6 is 0 Å². The summed E-state index contributed by atoms with van der Waals surface area (Å²) >= 11 is 0. The monoisotopic (exact) mass is 536 g/mol. The minimum Gasteiger partial charge on any atom is -0.463 e. The third kappa shape index (κ3) is 3.40. The van der Waals surface area contributed by atoms with Gasteiger partial charge in [0, 0.05) is 17.8 Å². The van der Waals surface area contributed by atoms with Crippen molar-refractivity contribution < 1.29 is 23.9 Å². The molecule has 5 nitrogen and oxygen atoms in total. The number of rotatable bonds is 5. The van der Waals surface area contributed by atoms with E-state index in [1.165, 1.54) is 19.8 Å². The van der Waals surface area contributed by atoms with Crippen molar-refractivity contribution in [2.75, 3.05) is 0 Å². The Morgan fingerprint density at radius 3 is 2.36 bits per heavy atom. The Morgan fingerprint density at radius 2 is 1.67 bits per heavy atom. The van der Waals surface area contributed by atoms with E-state index in [1.54, 1.807) is 0 Å². The van der Waals surface area contributed by atoms with E-state index in [9.17, 15) is 14.4 Å². The number of cyclic esters (lactones) is 2. The normalized spacial score (nSPS) is 49.3. The molecule has 7 rings (SSSR count). The van der Waals surface area contributed by atoms with Crippen LogP contribution in [0.15, 0.2) is 24.3 Å². The van der Waals surface area contributed by atoms with E-state index in [2.05, 4.69) is 65.8 Å². The topological polar surface area (TPSA) is 69.7 Å². The van der Waals surface area contributed by atoms with Crippen LogP contribution in [0.2, 0.25) is 0 Å². The molecule has 39 heavy (non-hydrogen) atoms. The summed E-state index contributed by atoms with van der Waals surface area (Å²) in [4.78, 5) is 39.1. The van der Waals surface area contributed by atoms with E-state index in [1.807, 2.05) is 0 Å². The molecule has 6 aliphatic carbocycles. The Hall–Kier alpha value is -1.91. The second kappa shape index (κ2) is 8.79. The summed E-state index contributed by atoms with van der Waals surface area (Å²) in [7, 11) is 0. The second-order valence-electron chi connectivity index (χ2n) is 15.1. The molecule has 0 N–H and O–H groups in total. The average Bonchev–Trinajstić information content (AvgIpc) is 3.39. The van der Waals surface area contributed by atoms with Crippen LogP contribution in [-0.4, -0.2) is 24.0 Å². The van der Waals surface area contributed by atoms with E-state index in [0.717, 1.165) is 25.7 Å². The van der Waals surface area contributed by atoms with Gasteiger partial charge in [-0.25, -0.2) is 0 Å². The smallest absolute Gasteiger partial charge is 0.318 e. The SMILES string of the molecule is CC(=O)O[C@@H]1CC[C@@]2(C)[C@@H]3CC[C@]4(C)[C@H]([C@H](C)/C=C/[C@H](C)C(C)C)CC[C@@H]4[C@@]34C=C[C@@]2(C1)[C@@H]1C(=O)OC(=O)[C@H]14. The highest BCUT2D eigenvalue weighted by Crippen LogP contribution is 2.82. The Bertz CT molecular complexity index is 1140. The average molecular weight is 537 g/mol. The van der Waals surface area contributed by atoms with E-state index in [4.69, 9.17) is 9.47 Å². The fourth-order valence-electron chi connectivity index (χ4n) is 11.5. The Morgan fingerprint density at radius 1 is 0.949 bits per heavy atom. The van der Waals surface area contributed by atoms with E-state index < -0.39 is 17.3 Å². The first-order valence-corrected chi connectivity index (χ1v) is 15.6. The molecule has 2 spiro atoms. The molecular formula is C34H48O5. The highest BCUT2D eigenvalue weighted by atomic mass is 16.6. The summed E-state index contributed by atoms with van der Waals surface area (Å²) in [5.74, 6) is 1.10. The van der Waals surface area contributed by atoms with Crippen LogP contribution in [0.4, 0.5) is 0 Å². The lowest BCUT2D eigenvalue weighted by Crippen LogP contribution is -2.72. The maximum Gasteiger partial charge on any atom is 0.318 e. The molecule has 12 atom stereocenters. The number of esters is 3. The van der Waals surface area contributed by atoms with Crippen molar-refractivity contribution in [1.29, 1.82) is 0 Å². The van der Waals surface area contributed by atoms with Crippen molar-refractivity contribution in [1.82, 2.24) is 0 Å². The fourth-order valence-corrected chi connectivity index (χ4v) is 11.5. The van der Waals surface area contributed by atoms with E-state index >= 15 is 0 Å². The van der Waals surface area contributed by atoms with Crippen molar-refractivity contribution in [3.63, 3.8) is 0 Å². The lowest BCUT2D eigenvalue weighted by atomic mass is 9.28. The van der Waals surface area contributed by atoms with Crippen molar-refractivity contribution in [3.05, 3.63) is 24.3 Å². The number of hydrogen-bond donors (Lipinski definition) is 0. The Labute approximate surface area is 234 Å². The second-order valence-corrected chi connectivity index (χ2v) is 15.1. The van der Waals surface area contributed by atoms with Gasteiger partial charge >= 0.3 is 17.9 Å². The molecule has 5 heteroatoms. The van der Waals surface area contributed by atoms with Gasteiger partial charge in [-0.05, 0) is 91.3 Å². The van der Waals surface area contributed by atoms with Crippen molar-refractivity contribution in [2.24, 2.45) is 69.0 Å². The van der Waals surface area contributed by atoms with Gasteiger partial charge in [-0.3, -0.25) is 14.4 Å². The first kappa shape index (κ1) is 27.3. The molecule has 2 bridgehead atoms. The molecule has 4 saturated carbocycles. The number of carbonyl (C=O) groups is 3. The van der Waals surface area contributed by atoms with Crippen molar-refractivity contribution in [3.8, 4) is 0 Å². The molecule has 5 fully saturated rings. The maximum atomic E-state index is 13.7. The largest absolute Gasteiger partial charge is 0.463 e. The van der Waals surface area contributed by atoms with Crippen LogP contribution in [0.1, 0.15) is 93.4 Å². The van der Waals surface area contributed by atoms with Gasteiger partial charge in [0.25, 0.3) is 0 Å².